The zero-order valence-corrected chi connectivity index (χ0v) is 12.7. The molecule has 6 nitrogen and oxygen atoms in total. The molecule has 120 valence electrons. The number of carbonyl (C=O) groups excluding carboxylic acids is 1. The van der Waals surface area contributed by atoms with Crippen LogP contribution in [0.2, 0.25) is 0 Å². The average Bonchev–Trinajstić information content (AvgIpc) is 2.56. The predicted molar refractivity (Wildman–Crippen MR) is 84.6 cm³/mol. The molecule has 0 radical (unpaired) electrons. The molecule has 1 aromatic heterocycles. The molecule has 2 N–H and O–H groups in total. The number of pyridine rings is 1. The summed E-state index contributed by atoms with van der Waals surface area (Å²) in [5.41, 5.74) is 5.23. The van der Waals surface area contributed by atoms with Gasteiger partial charge in [0, 0.05) is 19.2 Å². The summed E-state index contributed by atoms with van der Waals surface area (Å²) in [6, 6.07) is 14.0. The van der Waals surface area contributed by atoms with E-state index in [-0.39, 0.29) is 12.5 Å². The minimum Gasteiger partial charge on any atom is -0.456 e. The molecule has 0 fully saturated rings. The summed E-state index contributed by atoms with van der Waals surface area (Å²) in [5, 5.41) is 0. The van der Waals surface area contributed by atoms with Crippen LogP contribution in [0.4, 0.5) is 0 Å². The molecule has 2 aromatic rings. The van der Waals surface area contributed by atoms with Gasteiger partial charge in [0.05, 0.1) is 0 Å². The second kappa shape index (κ2) is 7.84. The van der Waals surface area contributed by atoms with E-state index in [2.05, 4.69) is 4.98 Å². The summed E-state index contributed by atoms with van der Waals surface area (Å²) < 4.78 is 16.4. The van der Waals surface area contributed by atoms with E-state index in [1.807, 2.05) is 6.07 Å². The van der Waals surface area contributed by atoms with Crippen LogP contribution in [0, 0.1) is 0 Å². The number of rotatable bonds is 7. The SMILES string of the molecule is CC(Oc1ccccc1)(Oc1ccccn1)C(=O)OCC=CN. The van der Waals surface area contributed by atoms with Crippen LogP contribution in [0.1, 0.15) is 6.92 Å². The van der Waals surface area contributed by atoms with Crippen LogP contribution in [0.3, 0.4) is 0 Å². The van der Waals surface area contributed by atoms with Crippen molar-refractivity contribution in [1.29, 1.82) is 0 Å². The number of esters is 1. The fraction of sp³-hybridized carbons (Fsp3) is 0.176. The Kier molecular flexibility index (Phi) is 5.57. The minimum absolute atomic E-state index is 0.0225. The smallest absolute Gasteiger partial charge is 0.392 e. The third-order valence-corrected chi connectivity index (χ3v) is 2.81. The van der Waals surface area contributed by atoms with Gasteiger partial charge >= 0.3 is 11.8 Å². The van der Waals surface area contributed by atoms with Gasteiger partial charge < -0.3 is 19.9 Å². The third kappa shape index (κ3) is 4.74. The van der Waals surface area contributed by atoms with Crippen molar-refractivity contribution in [3.05, 3.63) is 67.0 Å². The summed E-state index contributed by atoms with van der Waals surface area (Å²) >= 11 is 0. The van der Waals surface area contributed by atoms with E-state index in [0.29, 0.717) is 5.75 Å². The monoisotopic (exact) mass is 314 g/mol. The number of hydrogen-bond acceptors (Lipinski definition) is 6. The van der Waals surface area contributed by atoms with Crippen molar-refractivity contribution < 1.29 is 19.0 Å². The van der Waals surface area contributed by atoms with Crippen molar-refractivity contribution in [1.82, 2.24) is 4.98 Å². The molecular weight excluding hydrogens is 296 g/mol. The van der Waals surface area contributed by atoms with Crippen molar-refractivity contribution in [2.75, 3.05) is 6.61 Å². The summed E-state index contributed by atoms with van der Waals surface area (Å²) in [7, 11) is 0. The summed E-state index contributed by atoms with van der Waals surface area (Å²) in [6.45, 7) is 1.50. The topological polar surface area (TPSA) is 83.7 Å². The Balaban J connectivity index is 2.20. The first kappa shape index (κ1) is 16.4. The number of hydrogen-bond donors (Lipinski definition) is 1. The highest BCUT2D eigenvalue weighted by atomic mass is 16.7. The molecule has 6 heteroatoms. The maximum Gasteiger partial charge on any atom is 0.392 e. The molecule has 1 aromatic carbocycles. The number of benzene rings is 1. The maximum absolute atomic E-state index is 12.4. The number of nitrogens with two attached hydrogens (primary N) is 1. The number of carbonyl (C=O) groups is 1. The van der Waals surface area contributed by atoms with E-state index in [9.17, 15) is 4.79 Å². The van der Waals surface area contributed by atoms with E-state index < -0.39 is 11.8 Å². The van der Waals surface area contributed by atoms with Gasteiger partial charge in [-0.15, -0.1) is 0 Å². The number of aromatic nitrogens is 1. The number of para-hydroxylation sites is 1. The molecule has 0 aliphatic heterocycles. The molecule has 0 aliphatic rings. The van der Waals surface area contributed by atoms with Crippen LogP contribution in [-0.2, 0) is 9.53 Å². The molecule has 0 spiro atoms. The van der Waals surface area contributed by atoms with E-state index in [1.165, 1.54) is 19.2 Å². The molecule has 1 atom stereocenters. The lowest BCUT2D eigenvalue weighted by molar-refractivity contribution is -0.187. The fourth-order valence-corrected chi connectivity index (χ4v) is 1.74. The largest absolute Gasteiger partial charge is 0.456 e. The Morgan fingerprint density at radius 2 is 1.91 bits per heavy atom. The standard InChI is InChI=1S/C17H18N2O4/c1-17(16(20)21-13-7-11-18,22-14-8-3-2-4-9-14)23-15-10-5-6-12-19-15/h2-12H,13,18H2,1H3. The van der Waals surface area contributed by atoms with Crippen LogP contribution in [0.15, 0.2) is 67.0 Å². The van der Waals surface area contributed by atoms with Crippen LogP contribution < -0.4 is 15.2 Å². The van der Waals surface area contributed by atoms with Gasteiger partial charge in [-0.05, 0) is 30.5 Å². The zero-order valence-electron chi connectivity index (χ0n) is 12.7. The second-order valence-corrected chi connectivity index (χ2v) is 4.66. The van der Waals surface area contributed by atoms with Gasteiger partial charge in [0.2, 0.25) is 5.88 Å². The predicted octanol–water partition coefficient (Wildman–Crippen LogP) is 2.27. The van der Waals surface area contributed by atoms with Gasteiger partial charge in [-0.2, -0.15) is 0 Å². The van der Waals surface area contributed by atoms with Crippen LogP contribution in [0.25, 0.3) is 0 Å². The maximum atomic E-state index is 12.4. The molecule has 1 unspecified atom stereocenters. The fourth-order valence-electron chi connectivity index (χ4n) is 1.74. The van der Waals surface area contributed by atoms with Gasteiger partial charge in [-0.3, -0.25) is 0 Å². The van der Waals surface area contributed by atoms with Crippen LogP contribution in [0.5, 0.6) is 11.6 Å². The molecule has 0 aliphatic carbocycles. The highest BCUT2D eigenvalue weighted by Gasteiger charge is 2.41. The quantitative estimate of drug-likeness (QED) is 0.623. The zero-order chi connectivity index (χ0) is 16.5. The Bertz CT molecular complexity index is 603. The van der Waals surface area contributed by atoms with Gasteiger partial charge in [0.1, 0.15) is 12.4 Å². The Hall–Kier alpha value is -3.02. The van der Waals surface area contributed by atoms with Crippen LogP contribution >= 0.6 is 0 Å². The first-order valence-corrected chi connectivity index (χ1v) is 7.02. The molecule has 0 bridgehead atoms. The van der Waals surface area contributed by atoms with E-state index in [0.717, 1.165) is 0 Å². The molecule has 0 saturated carbocycles. The van der Waals surface area contributed by atoms with Gasteiger partial charge in [-0.1, -0.05) is 24.3 Å². The second-order valence-electron chi connectivity index (χ2n) is 4.66. The third-order valence-electron chi connectivity index (χ3n) is 2.81. The number of ether oxygens (including phenoxy) is 3. The van der Waals surface area contributed by atoms with Gasteiger partial charge in [-0.25, -0.2) is 9.78 Å². The van der Waals surface area contributed by atoms with E-state index in [4.69, 9.17) is 19.9 Å². The molecule has 23 heavy (non-hydrogen) atoms. The van der Waals surface area contributed by atoms with E-state index >= 15 is 0 Å². The lowest BCUT2D eigenvalue weighted by Crippen LogP contribution is -2.48. The van der Waals surface area contributed by atoms with Gasteiger partial charge in [0.25, 0.3) is 0 Å². The average molecular weight is 314 g/mol. The Labute approximate surface area is 134 Å². The highest BCUT2D eigenvalue weighted by Crippen LogP contribution is 2.23. The Morgan fingerprint density at radius 1 is 1.17 bits per heavy atom. The summed E-state index contributed by atoms with van der Waals surface area (Å²) in [5.74, 6) is -1.65. The first-order chi connectivity index (χ1) is 11.1. The Morgan fingerprint density at radius 3 is 2.57 bits per heavy atom. The highest BCUT2D eigenvalue weighted by molar-refractivity contribution is 5.78. The molecule has 0 amide bonds. The lowest BCUT2D eigenvalue weighted by atomic mass is 10.3. The van der Waals surface area contributed by atoms with Gasteiger partial charge in [0.15, 0.2) is 0 Å². The lowest BCUT2D eigenvalue weighted by Gasteiger charge is -2.28. The van der Waals surface area contributed by atoms with E-state index in [1.54, 1.807) is 48.7 Å². The summed E-state index contributed by atoms with van der Waals surface area (Å²) in [4.78, 5) is 16.4. The van der Waals surface area contributed by atoms with Crippen molar-refractivity contribution in [2.45, 2.75) is 12.7 Å². The van der Waals surface area contributed by atoms with Crippen molar-refractivity contribution >= 4 is 5.97 Å². The number of nitrogens with zero attached hydrogens (tertiary/aromatic N) is 1. The molecule has 2 rings (SSSR count). The van der Waals surface area contributed by atoms with Crippen molar-refractivity contribution in [3.8, 4) is 11.6 Å². The first-order valence-electron chi connectivity index (χ1n) is 7.02. The molecule has 1 heterocycles. The molecule has 0 saturated heterocycles. The van der Waals surface area contributed by atoms with Crippen molar-refractivity contribution in [2.24, 2.45) is 5.73 Å². The normalized spacial score (nSPS) is 13.3. The van der Waals surface area contributed by atoms with Crippen molar-refractivity contribution in [3.63, 3.8) is 0 Å². The molecular formula is C17H18N2O4. The summed E-state index contributed by atoms with van der Waals surface area (Å²) in [6.07, 6.45) is 4.35. The minimum atomic E-state index is -1.68. The van der Waals surface area contributed by atoms with Crippen LogP contribution in [-0.4, -0.2) is 23.3 Å².